The van der Waals surface area contributed by atoms with Gasteiger partial charge in [0.15, 0.2) is 0 Å². The Bertz CT molecular complexity index is 385. The van der Waals surface area contributed by atoms with Crippen LogP contribution in [0.5, 0.6) is 0 Å². The predicted octanol–water partition coefficient (Wildman–Crippen LogP) is 3.88. The van der Waals surface area contributed by atoms with Gasteiger partial charge in [-0.2, -0.15) is 0 Å². The second-order valence-electron chi connectivity index (χ2n) is 5.67. The van der Waals surface area contributed by atoms with Gasteiger partial charge in [-0.05, 0) is 43.2 Å². The van der Waals surface area contributed by atoms with Crippen molar-refractivity contribution < 1.29 is 0 Å². The van der Waals surface area contributed by atoms with Crippen LogP contribution in [0.15, 0.2) is 24.3 Å². The molecule has 2 rings (SSSR count). The van der Waals surface area contributed by atoms with Gasteiger partial charge in [0.2, 0.25) is 0 Å². The van der Waals surface area contributed by atoms with Gasteiger partial charge in [-0.25, -0.2) is 0 Å². The molecule has 0 radical (unpaired) electrons. The maximum atomic E-state index is 3.64. The highest BCUT2D eigenvalue weighted by atomic mass is 15.0. The van der Waals surface area contributed by atoms with Gasteiger partial charge in [0.1, 0.15) is 0 Å². The summed E-state index contributed by atoms with van der Waals surface area (Å²) < 4.78 is 0. The molecule has 0 aliphatic heterocycles. The molecule has 1 aliphatic carbocycles. The standard InChI is InChI=1S/C16H25N/c1-5-16(4)14(11-15(16)17-6-2)13-9-7-8-12(3)10-13/h7-10,14-15,17H,5-6,11H2,1-4H3. The summed E-state index contributed by atoms with van der Waals surface area (Å²) in [6.45, 7) is 10.2. The number of hydrogen-bond acceptors (Lipinski definition) is 1. The first kappa shape index (κ1) is 12.6. The molecule has 1 heteroatoms. The van der Waals surface area contributed by atoms with Crippen molar-refractivity contribution in [1.29, 1.82) is 0 Å². The van der Waals surface area contributed by atoms with Crippen molar-refractivity contribution in [2.24, 2.45) is 5.41 Å². The molecule has 1 fully saturated rings. The molecule has 0 saturated heterocycles. The van der Waals surface area contributed by atoms with E-state index in [0.29, 0.717) is 11.5 Å². The van der Waals surface area contributed by atoms with Crippen LogP contribution in [-0.4, -0.2) is 12.6 Å². The van der Waals surface area contributed by atoms with Crippen LogP contribution in [0.4, 0.5) is 0 Å². The minimum atomic E-state index is 0.434. The second kappa shape index (κ2) is 4.81. The monoisotopic (exact) mass is 231 g/mol. The van der Waals surface area contributed by atoms with Crippen molar-refractivity contribution in [3.05, 3.63) is 35.4 Å². The van der Waals surface area contributed by atoms with Crippen LogP contribution in [0.1, 0.15) is 50.7 Å². The van der Waals surface area contributed by atoms with Gasteiger partial charge in [-0.15, -0.1) is 0 Å². The lowest BCUT2D eigenvalue weighted by atomic mass is 9.54. The van der Waals surface area contributed by atoms with Crippen molar-refractivity contribution >= 4 is 0 Å². The molecule has 1 aromatic carbocycles. The molecule has 0 spiro atoms. The van der Waals surface area contributed by atoms with Gasteiger partial charge in [0.25, 0.3) is 0 Å². The van der Waals surface area contributed by atoms with Gasteiger partial charge in [-0.3, -0.25) is 0 Å². The van der Waals surface area contributed by atoms with E-state index < -0.39 is 0 Å². The Morgan fingerprint density at radius 1 is 1.35 bits per heavy atom. The largest absolute Gasteiger partial charge is 0.314 e. The molecule has 17 heavy (non-hydrogen) atoms. The highest BCUT2D eigenvalue weighted by molar-refractivity contribution is 5.31. The van der Waals surface area contributed by atoms with Crippen molar-refractivity contribution in [2.75, 3.05) is 6.54 Å². The maximum absolute atomic E-state index is 3.64. The molecule has 3 atom stereocenters. The highest BCUT2D eigenvalue weighted by Gasteiger charge is 2.50. The fraction of sp³-hybridized carbons (Fsp3) is 0.625. The van der Waals surface area contributed by atoms with E-state index in [9.17, 15) is 0 Å². The smallest absolute Gasteiger partial charge is 0.0132 e. The molecule has 1 aromatic rings. The minimum Gasteiger partial charge on any atom is -0.314 e. The molecule has 0 bridgehead atoms. The Morgan fingerprint density at radius 2 is 2.12 bits per heavy atom. The lowest BCUT2D eigenvalue weighted by molar-refractivity contribution is 0.0455. The zero-order valence-corrected chi connectivity index (χ0v) is 11.6. The summed E-state index contributed by atoms with van der Waals surface area (Å²) in [5, 5.41) is 3.64. The SMILES string of the molecule is CCNC1CC(c2cccc(C)c2)C1(C)CC. The summed E-state index contributed by atoms with van der Waals surface area (Å²) in [6.07, 6.45) is 2.55. The van der Waals surface area contributed by atoms with Crippen molar-refractivity contribution in [2.45, 2.75) is 52.5 Å². The quantitative estimate of drug-likeness (QED) is 0.829. The molecule has 3 unspecified atom stereocenters. The first-order chi connectivity index (χ1) is 8.11. The highest BCUT2D eigenvalue weighted by Crippen LogP contribution is 2.54. The number of nitrogens with one attached hydrogen (secondary N) is 1. The van der Waals surface area contributed by atoms with Gasteiger partial charge in [0.05, 0.1) is 0 Å². The molecule has 1 aliphatic rings. The normalized spacial score (nSPS) is 32.2. The van der Waals surface area contributed by atoms with E-state index in [1.165, 1.54) is 24.0 Å². The number of rotatable bonds is 4. The second-order valence-corrected chi connectivity index (χ2v) is 5.67. The molecule has 1 N–H and O–H groups in total. The third kappa shape index (κ3) is 2.13. The number of hydrogen-bond donors (Lipinski definition) is 1. The van der Waals surface area contributed by atoms with E-state index in [0.717, 1.165) is 12.5 Å². The van der Waals surface area contributed by atoms with Crippen LogP contribution in [0, 0.1) is 12.3 Å². The fourth-order valence-electron chi connectivity index (χ4n) is 3.32. The summed E-state index contributed by atoms with van der Waals surface area (Å²) in [6, 6.07) is 9.74. The average Bonchev–Trinajstić information content (AvgIpc) is 2.32. The Hall–Kier alpha value is -0.820. The maximum Gasteiger partial charge on any atom is 0.0132 e. The summed E-state index contributed by atoms with van der Waals surface area (Å²) in [5.74, 6) is 0.733. The van der Waals surface area contributed by atoms with Gasteiger partial charge < -0.3 is 5.32 Å². The Labute approximate surface area is 106 Å². The number of aryl methyl sites for hydroxylation is 1. The zero-order chi connectivity index (χ0) is 12.5. The van der Waals surface area contributed by atoms with Crippen LogP contribution >= 0.6 is 0 Å². The van der Waals surface area contributed by atoms with Crippen molar-refractivity contribution in [1.82, 2.24) is 5.32 Å². The van der Waals surface area contributed by atoms with Gasteiger partial charge in [0, 0.05) is 6.04 Å². The van der Waals surface area contributed by atoms with E-state index in [4.69, 9.17) is 0 Å². The van der Waals surface area contributed by atoms with Crippen LogP contribution < -0.4 is 5.32 Å². The van der Waals surface area contributed by atoms with Crippen molar-refractivity contribution in [3.63, 3.8) is 0 Å². The van der Waals surface area contributed by atoms with E-state index in [1.54, 1.807) is 0 Å². The third-order valence-corrected chi connectivity index (χ3v) is 4.72. The lowest BCUT2D eigenvalue weighted by Gasteiger charge is -2.55. The Kier molecular flexibility index (Phi) is 3.58. The number of benzene rings is 1. The minimum absolute atomic E-state index is 0.434. The third-order valence-electron chi connectivity index (χ3n) is 4.72. The first-order valence-corrected chi connectivity index (χ1v) is 6.91. The van der Waals surface area contributed by atoms with Crippen LogP contribution in [-0.2, 0) is 0 Å². The van der Waals surface area contributed by atoms with Crippen LogP contribution in [0.2, 0.25) is 0 Å². The van der Waals surface area contributed by atoms with E-state index in [2.05, 4.69) is 57.3 Å². The molecule has 0 aromatic heterocycles. The predicted molar refractivity (Wildman–Crippen MR) is 74.4 cm³/mol. The van der Waals surface area contributed by atoms with E-state index in [1.807, 2.05) is 0 Å². The lowest BCUT2D eigenvalue weighted by Crippen LogP contribution is -2.56. The fourth-order valence-corrected chi connectivity index (χ4v) is 3.32. The summed E-state index contributed by atoms with van der Waals surface area (Å²) >= 11 is 0. The molecule has 1 saturated carbocycles. The van der Waals surface area contributed by atoms with E-state index >= 15 is 0 Å². The topological polar surface area (TPSA) is 12.0 Å². The molecule has 94 valence electrons. The molecular formula is C16H25N. The summed E-state index contributed by atoms with van der Waals surface area (Å²) in [7, 11) is 0. The first-order valence-electron chi connectivity index (χ1n) is 6.91. The molecule has 1 nitrogen and oxygen atoms in total. The Morgan fingerprint density at radius 3 is 2.71 bits per heavy atom. The Balaban J connectivity index is 2.19. The van der Waals surface area contributed by atoms with E-state index in [-0.39, 0.29) is 0 Å². The van der Waals surface area contributed by atoms with Gasteiger partial charge in [-0.1, -0.05) is 50.6 Å². The van der Waals surface area contributed by atoms with Crippen LogP contribution in [0.3, 0.4) is 0 Å². The summed E-state index contributed by atoms with van der Waals surface area (Å²) in [4.78, 5) is 0. The molecule has 0 heterocycles. The zero-order valence-electron chi connectivity index (χ0n) is 11.6. The van der Waals surface area contributed by atoms with Gasteiger partial charge >= 0.3 is 0 Å². The van der Waals surface area contributed by atoms with Crippen LogP contribution in [0.25, 0.3) is 0 Å². The molecular weight excluding hydrogens is 206 g/mol. The molecule has 0 amide bonds. The average molecular weight is 231 g/mol. The van der Waals surface area contributed by atoms with Crippen molar-refractivity contribution in [3.8, 4) is 0 Å². The summed E-state index contributed by atoms with van der Waals surface area (Å²) in [5.41, 5.74) is 3.35.